The predicted octanol–water partition coefficient (Wildman–Crippen LogP) is 0.815. The molecule has 3 N–H and O–H groups in total. The lowest BCUT2D eigenvalue weighted by Gasteiger charge is -2.36. The third-order valence-electron chi connectivity index (χ3n) is 5.82. The van der Waals surface area contributed by atoms with Crippen molar-refractivity contribution in [3.8, 4) is 5.75 Å². The van der Waals surface area contributed by atoms with Crippen LogP contribution in [0.3, 0.4) is 0 Å². The molecule has 1 aromatic carbocycles. The zero-order chi connectivity index (χ0) is 22.3. The fourth-order valence-corrected chi connectivity index (χ4v) is 5.51. The number of amides is 1. The largest absolute Gasteiger partial charge is 0.495 e. The van der Waals surface area contributed by atoms with E-state index in [1.54, 1.807) is 18.2 Å². The van der Waals surface area contributed by atoms with E-state index in [0.717, 1.165) is 12.8 Å². The molecule has 0 radical (unpaired) electrons. The van der Waals surface area contributed by atoms with Gasteiger partial charge in [0.1, 0.15) is 10.6 Å². The van der Waals surface area contributed by atoms with Crippen molar-refractivity contribution < 1.29 is 32.5 Å². The van der Waals surface area contributed by atoms with Gasteiger partial charge in [-0.15, -0.1) is 0 Å². The molecule has 31 heavy (non-hydrogen) atoms. The van der Waals surface area contributed by atoms with Crippen molar-refractivity contribution in [2.24, 2.45) is 5.92 Å². The van der Waals surface area contributed by atoms with Crippen LogP contribution in [0.4, 0.5) is 0 Å². The molecule has 2 saturated heterocycles. The van der Waals surface area contributed by atoms with Crippen LogP contribution in [0.25, 0.3) is 0 Å². The number of hydrogen-bond acceptors (Lipinski definition) is 7. The Labute approximate surface area is 183 Å². The Morgan fingerprint density at radius 3 is 2.65 bits per heavy atom. The molecular weight excluding hydrogens is 424 g/mol. The first-order valence-electron chi connectivity index (χ1n) is 10.7. The molecule has 3 rings (SSSR count). The van der Waals surface area contributed by atoms with Gasteiger partial charge in [0.05, 0.1) is 32.0 Å². The summed E-state index contributed by atoms with van der Waals surface area (Å²) in [5, 5.41) is 12.7. The lowest BCUT2D eigenvalue weighted by Crippen LogP contribution is -2.51. The fraction of sp³-hybridized carbons (Fsp3) is 0.667. The van der Waals surface area contributed by atoms with Gasteiger partial charge in [0.25, 0.3) is 0 Å². The second-order valence-corrected chi connectivity index (χ2v) is 9.58. The number of para-hydroxylation sites is 1. The van der Waals surface area contributed by atoms with Crippen molar-refractivity contribution in [3.05, 3.63) is 24.3 Å². The summed E-state index contributed by atoms with van der Waals surface area (Å²) in [6.07, 6.45) is 2.44. The second-order valence-electron chi connectivity index (χ2n) is 7.90. The van der Waals surface area contributed by atoms with Gasteiger partial charge < -0.3 is 24.6 Å². The first-order chi connectivity index (χ1) is 14.9. The topological polar surface area (TPSA) is 123 Å². The van der Waals surface area contributed by atoms with Gasteiger partial charge in [-0.2, -0.15) is 0 Å². The van der Waals surface area contributed by atoms with Crippen molar-refractivity contribution in [1.29, 1.82) is 0 Å². The lowest BCUT2D eigenvalue weighted by atomic mass is 9.97. The Bertz CT molecular complexity index is 827. The molecule has 0 aromatic heterocycles. The molecule has 1 aromatic rings. The summed E-state index contributed by atoms with van der Waals surface area (Å²) in [6, 6.07) is 5.84. The third-order valence-corrected chi connectivity index (χ3v) is 7.35. The summed E-state index contributed by atoms with van der Waals surface area (Å²) in [6.45, 7) is 1.42. The Kier molecular flexibility index (Phi) is 8.67. The van der Waals surface area contributed by atoms with E-state index in [1.165, 1.54) is 13.2 Å². The Morgan fingerprint density at radius 1 is 1.19 bits per heavy atom. The number of carbonyl (C=O) groups excluding carboxylic acids is 1. The standard InChI is InChI=1S/C21H32N2O7S/c1-28-18-4-2-3-5-20(18)31(26,27)23-17-7-6-16(30-19(17)14-24)8-11-22-21(25)15-9-12-29-13-10-15/h2-5,15-17,19,23-24H,6-14H2,1H3,(H,22,25)/t16-,17+,19-/m1/s1. The molecule has 1 amide bonds. The number of rotatable bonds is 9. The van der Waals surface area contributed by atoms with Gasteiger partial charge >= 0.3 is 0 Å². The van der Waals surface area contributed by atoms with Crippen LogP contribution in [0.2, 0.25) is 0 Å². The highest BCUT2D eigenvalue weighted by Crippen LogP contribution is 2.26. The zero-order valence-electron chi connectivity index (χ0n) is 17.8. The maximum atomic E-state index is 12.8. The molecule has 2 aliphatic heterocycles. The van der Waals surface area contributed by atoms with E-state index in [2.05, 4.69) is 10.0 Å². The van der Waals surface area contributed by atoms with Gasteiger partial charge in [-0.05, 0) is 44.2 Å². The highest BCUT2D eigenvalue weighted by molar-refractivity contribution is 7.89. The van der Waals surface area contributed by atoms with Crippen molar-refractivity contribution in [2.45, 2.75) is 55.2 Å². The molecule has 2 fully saturated rings. The summed E-state index contributed by atoms with van der Waals surface area (Å²) in [7, 11) is -2.42. The average molecular weight is 457 g/mol. The molecule has 9 nitrogen and oxygen atoms in total. The maximum Gasteiger partial charge on any atom is 0.244 e. The van der Waals surface area contributed by atoms with Gasteiger partial charge in [0, 0.05) is 25.7 Å². The minimum Gasteiger partial charge on any atom is -0.495 e. The SMILES string of the molecule is COc1ccccc1S(=O)(=O)N[C@H]1CC[C@H](CCNC(=O)C2CCOCC2)O[C@@H]1CO. The molecule has 2 heterocycles. The van der Waals surface area contributed by atoms with Crippen LogP contribution in [0, 0.1) is 5.92 Å². The zero-order valence-corrected chi connectivity index (χ0v) is 18.6. The molecule has 2 aliphatic rings. The van der Waals surface area contributed by atoms with Crippen molar-refractivity contribution >= 4 is 15.9 Å². The van der Waals surface area contributed by atoms with Gasteiger partial charge in [0.2, 0.25) is 15.9 Å². The predicted molar refractivity (Wildman–Crippen MR) is 113 cm³/mol. The number of hydrogen-bond donors (Lipinski definition) is 3. The highest BCUT2D eigenvalue weighted by Gasteiger charge is 2.34. The first kappa shape index (κ1) is 23.9. The van der Waals surface area contributed by atoms with Crippen LogP contribution in [0.1, 0.15) is 32.1 Å². The molecule has 0 unspecified atom stereocenters. The molecule has 3 atom stereocenters. The number of aliphatic hydroxyl groups excluding tert-OH is 1. The normalized spacial score (nSPS) is 25.2. The van der Waals surface area contributed by atoms with Gasteiger partial charge in [-0.1, -0.05) is 12.1 Å². The van der Waals surface area contributed by atoms with Crippen molar-refractivity contribution in [1.82, 2.24) is 10.0 Å². The highest BCUT2D eigenvalue weighted by atomic mass is 32.2. The van der Waals surface area contributed by atoms with Crippen LogP contribution in [0.5, 0.6) is 5.75 Å². The Morgan fingerprint density at radius 2 is 1.94 bits per heavy atom. The molecule has 0 aliphatic carbocycles. The van der Waals surface area contributed by atoms with Crippen LogP contribution in [-0.2, 0) is 24.3 Å². The first-order valence-corrected chi connectivity index (χ1v) is 12.2. The Balaban J connectivity index is 1.50. The summed E-state index contributed by atoms with van der Waals surface area (Å²) in [5.41, 5.74) is 0. The third kappa shape index (κ3) is 6.39. The van der Waals surface area contributed by atoms with Crippen molar-refractivity contribution in [3.63, 3.8) is 0 Å². The van der Waals surface area contributed by atoms with Crippen LogP contribution in [-0.4, -0.2) is 71.2 Å². The monoisotopic (exact) mass is 456 g/mol. The van der Waals surface area contributed by atoms with E-state index < -0.39 is 22.2 Å². The van der Waals surface area contributed by atoms with Gasteiger partial charge in [0.15, 0.2) is 0 Å². The molecular formula is C21H32N2O7S. The fourth-order valence-electron chi connectivity index (χ4n) is 4.04. The molecule has 0 saturated carbocycles. The van der Waals surface area contributed by atoms with Crippen LogP contribution >= 0.6 is 0 Å². The maximum absolute atomic E-state index is 12.8. The number of benzene rings is 1. The molecule has 0 spiro atoms. The average Bonchev–Trinajstić information content (AvgIpc) is 2.80. The minimum atomic E-state index is -3.84. The number of aliphatic hydroxyl groups is 1. The number of methoxy groups -OCH3 is 1. The second kappa shape index (κ2) is 11.2. The van der Waals surface area contributed by atoms with E-state index in [-0.39, 0.29) is 35.2 Å². The van der Waals surface area contributed by atoms with E-state index in [0.29, 0.717) is 39.0 Å². The van der Waals surface area contributed by atoms with E-state index in [1.807, 2.05) is 0 Å². The van der Waals surface area contributed by atoms with Crippen molar-refractivity contribution in [2.75, 3.05) is 33.5 Å². The van der Waals surface area contributed by atoms with Gasteiger partial charge in [-0.3, -0.25) is 4.79 Å². The van der Waals surface area contributed by atoms with Gasteiger partial charge in [-0.25, -0.2) is 13.1 Å². The molecule has 0 bridgehead atoms. The summed E-state index contributed by atoms with van der Waals surface area (Å²) in [5.74, 6) is 0.297. The summed E-state index contributed by atoms with van der Waals surface area (Å²) < 4.78 is 44.7. The Hall–Kier alpha value is -1.72. The van der Waals surface area contributed by atoms with Crippen LogP contribution in [0.15, 0.2) is 29.2 Å². The molecule has 174 valence electrons. The number of sulfonamides is 1. The van der Waals surface area contributed by atoms with E-state index in [4.69, 9.17) is 14.2 Å². The number of carbonyl (C=O) groups is 1. The quantitative estimate of drug-likeness (QED) is 0.503. The lowest BCUT2D eigenvalue weighted by molar-refractivity contribution is -0.128. The number of ether oxygens (including phenoxy) is 3. The van der Waals surface area contributed by atoms with E-state index >= 15 is 0 Å². The summed E-state index contributed by atoms with van der Waals surface area (Å²) in [4.78, 5) is 12.3. The van der Waals surface area contributed by atoms with Crippen LogP contribution < -0.4 is 14.8 Å². The van der Waals surface area contributed by atoms with E-state index in [9.17, 15) is 18.3 Å². The number of nitrogens with one attached hydrogen (secondary N) is 2. The molecule has 10 heteroatoms. The summed E-state index contributed by atoms with van der Waals surface area (Å²) >= 11 is 0. The smallest absolute Gasteiger partial charge is 0.244 e. The minimum absolute atomic E-state index is 0.0000190.